The van der Waals surface area contributed by atoms with Crippen LogP contribution in [0.25, 0.3) is 0 Å². The van der Waals surface area contributed by atoms with E-state index in [4.69, 9.17) is 9.47 Å². The molecule has 0 spiro atoms. The summed E-state index contributed by atoms with van der Waals surface area (Å²) in [7, 11) is -1.99. The van der Waals surface area contributed by atoms with E-state index in [2.05, 4.69) is 5.32 Å². The first-order valence-electron chi connectivity index (χ1n) is 11.0. The second-order valence-electron chi connectivity index (χ2n) is 7.90. The van der Waals surface area contributed by atoms with Gasteiger partial charge in [-0.15, -0.1) is 0 Å². The van der Waals surface area contributed by atoms with E-state index >= 15 is 0 Å². The number of rotatable bonds is 10. The number of para-hydroxylation sites is 1. The Bertz CT molecular complexity index is 1020. The van der Waals surface area contributed by atoms with Crippen LogP contribution < -0.4 is 14.8 Å². The van der Waals surface area contributed by atoms with Crippen LogP contribution in [0.5, 0.6) is 11.5 Å². The standard InChI is InChI=1S/C24H32N2O5S/c1-19-8-4-5-9-22(19)31-17-14-25-24(27)13-10-20-18-21(11-12-23(20)30-2)32(28,29)26-15-6-3-7-16-26/h4-5,8-9,11-12,18H,3,6-7,10,13-17H2,1-2H3,(H,25,27). The Morgan fingerprint density at radius 1 is 1.06 bits per heavy atom. The lowest BCUT2D eigenvalue weighted by atomic mass is 10.1. The van der Waals surface area contributed by atoms with Gasteiger partial charge < -0.3 is 14.8 Å². The minimum Gasteiger partial charge on any atom is -0.496 e. The largest absolute Gasteiger partial charge is 0.496 e. The lowest BCUT2D eigenvalue weighted by molar-refractivity contribution is -0.121. The molecule has 0 atom stereocenters. The first-order valence-corrected chi connectivity index (χ1v) is 12.5. The van der Waals surface area contributed by atoms with E-state index in [-0.39, 0.29) is 17.2 Å². The molecule has 8 heteroatoms. The quantitative estimate of drug-likeness (QED) is 0.550. The molecule has 0 unspecified atom stereocenters. The minimum atomic E-state index is -3.53. The van der Waals surface area contributed by atoms with Crippen molar-refractivity contribution in [2.24, 2.45) is 0 Å². The Morgan fingerprint density at radius 3 is 2.53 bits per heavy atom. The van der Waals surface area contributed by atoms with Crippen molar-refractivity contribution in [1.82, 2.24) is 9.62 Å². The van der Waals surface area contributed by atoms with Gasteiger partial charge in [-0.25, -0.2) is 8.42 Å². The predicted octanol–water partition coefficient (Wildman–Crippen LogP) is 3.31. The van der Waals surface area contributed by atoms with Crippen molar-refractivity contribution in [3.8, 4) is 11.5 Å². The summed E-state index contributed by atoms with van der Waals surface area (Å²) in [4.78, 5) is 12.5. The van der Waals surface area contributed by atoms with Gasteiger partial charge in [-0.3, -0.25) is 4.79 Å². The molecule has 0 aliphatic carbocycles. The second kappa shape index (κ2) is 11.3. The van der Waals surface area contributed by atoms with Gasteiger partial charge in [0.15, 0.2) is 0 Å². The van der Waals surface area contributed by atoms with Crippen molar-refractivity contribution in [2.45, 2.75) is 43.9 Å². The monoisotopic (exact) mass is 460 g/mol. The molecule has 7 nitrogen and oxygen atoms in total. The maximum atomic E-state index is 13.0. The van der Waals surface area contributed by atoms with Crippen LogP contribution in [-0.4, -0.2) is 52.0 Å². The molecule has 1 aliphatic heterocycles. The van der Waals surface area contributed by atoms with Crippen LogP contribution in [0.4, 0.5) is 0 Å². The van der Waals surface area contributed by atoms with Gasteiger partial charge in [-0.05, 0) is 61.6 Å². The smallest absolute Gasteiger partial charge is 0.243 e. The van der Waals surface area contributed by atoms with Crippen molar-refractivity contribution >= 4 is 15.9 Å². The number of piperidine rings is 1. The number of sulfonamides is 1. The van der Waals surface area contributed by atoms with Crippen LogP contribution in [0, 0.1) is 6.92 Å². The van der Waals surface area contributed by atoms with E-state index in [9.17, 15) is 13.2 Å². The molecule has 1 amide bonds. The van der Waals surface area contributed by atoms with Gasteiger partial charge >= 0.3 is 0 Å². The number of methoxy groups -OCH3 is 1. The zero-order valence-corrected chi connectivity index (χ0v) is 19.6. The highest BCUT2D eigenvalue weighted by Crippen LogP contribution is 2.27. The second-order valence-corrected chi connectivity index (χ2v) is 9.84. The van der Waals surface area contributed by atoms with Gasteiger partial charge in [0.2, 0.25) is 15.9 Å². The summed E-state index contributed by atoms with van der Waals surface area (Å²) >= 11 is 0. The Balaban J connectivity index is 1.54. The third kappa shape index (κ3) is 6.23. The molecule has 1 aliphatic rings. The van der Waals surface area contributed by atoms with Crippen LogP contribution in [0.2, 0.25) is 0 Å². The molecular formula is C24H32N2O5S. The summed E-state index contributed by atoms with van der Waals surface area (Å²) < 4.78 is 38.6. The van der Waals surface area contributed by atoms with E-state index < -0.39 is 10.0 Å². The molecule has 3 rings (SSSR count). The average molecular weight is 461 g/mol. The number of nitrogens with zero attached hydrogens (tertiary/aromatic N) is 1. The van der Waals surface area contributed by atoms with Crippen molar-refractivity contribution in [3.05, 3.63) is 53.6 Å². The van der Waals surface area contributed by atoms with E-state index in [1.807, 2.05) is 31.2 Å². The number of carbonyl (C=O) groups is 1. The van der Waals surface area contributed by atoms with Crippen molar-refractivity contribution in [3.63, 3.8) is 0 Å². The summed E-state index contributed by atoms with van der Waals surface area (Å²) in [5.74, 6) is 1.27. The maximum Gasteiger partial charge on any atom is 0.243 e. The highest BCUT2D eigenvalue weighted by molar-refractivity contribution is 7.89. The fourth-order valence-electron chi connectivity index (χ4n) is 3.77. The van der Waals surface area contributed by atoms with Gasteiger partial charge in [-0.2, -0.15) is 4.31 Å². The highest BCUT2D eigenvalue weighted by Gasteiger charge is 2.26. The number of hydrogen-bond acceptors (Lipinski definition) is 5. The van der Waals surface area contributed by atoms with Gasteiger partial charge in [0.25, 0.3) is 0 Å². The lowest BCUT2D eigenvalue weighted by Gasteiger charge is -2.26. The maximum absolute atomic E-state index is 13.0. The average Bonchev–Trinajstić information content (AvgIpc) is 2.82. The molecule has 174 valence electrons. The number of aryl methyl sites for hydroxylation is 2. The molecule has 0 saturated carbocycles. The molecule has 1 saturated heterocycles. The number of ether oxygens (including phenoxy) is 2. The number of amides is 1. The van der Waals surface area contributed by atoms with Crippen molar-refractivity contribution < 1.29 is 22.7 Å². The Kier molecular flexibility index (Phi) is 8.53. The Morgan fingerprint density at radius 2 is 1.81 bits per heavy atom. The fraction of sp³-hybridized carbons (Fsp3) is 0.458. The SMILES string of the molecule is COc1ccc(S(=O)(=O)N2CCCCC2)cc1CCC(=O)NCCOc1ccccc1C. The molecule has 1 fully saturated rings. The van der Waals surface area contributed by atoms with Crippen LogP contribution in [0.3, 0.4) is 0 Å². The highest BCUT2D eigenvalue weighted by atomic mass is 32.2. The third-order valence-electron chi connectivity index (χ3n) is 5.60. The van der Waals surface area contributed by atoms with Crippen LogP contribution in [-0.2, 0) is 21.2 Å². The molecule has 0 radical (unpaired) electrons. The topological polar surface area (TPSA) is 84.9 Å². The summed E-state index contributed by atoms with van der Waals surface area (Å²) in [5, 5.41) is 2.85. The summed E-state index contributed by atoms with van der Waals surface area (Å²) in [6, 6.07) is 12.6. The Hall–Kier alpha value is -2.58. The molecule has 1 heterocycles. The molecule has 32 heavy (non-hydrogen) atoms. The van der Waals surface area contributed by atoms with Crippen molar-refractivity contribution in [1.29, 1.82) is 0 Å². The van der Waals surface area contributed by atoms with Crippen LogP contribution in [0.15, 0.2) is 47.4 Å². The predicted molar refractivity (Wildman–Crippen MR) is 124 cm³/mol. The van der Waals surface area contributed by atoms with Crippen LogP contribution >= 0.6 is 0 Å². The van der Waals surface area contributed by atoms with Gasteiger partial charge in [0.1, 0.15) is 18.1 Å². The number of benzene rings is 2. The number of hydrogen-bond donors (Lipinski definition) is 1. The molecule has 1 N–H and O–H groups in total. The van der Waals surface area contributed by atoms with Gasteiger partial charge in [0.05, 0.1) is 18.6 Å². The van der Waals surface area contributed by atoms with E-state index in [1.54, 1.807) is 29.6 Å². The third-order valence-corrected chi connectivity index (χ3v) is 7.50. The summed E-state index contributed by atoms with van der Waals surface area (Å²) in [6.45, 7) is 3.85. The lowest BCUT2D eigenvalue weighted by Crippen LogP contribution is -2.35. The van der Waals surface area contributed by atoms with Crippen LogP contribution in [0.1, 0.15) is 36.8 Å². The first-order chi connectivity index (χ1) is 15.4. The molecule has 2 aromatic rings. The molecule has 0 aromatic heterocycles. The number of carbonyl (C=O) groups excluding carboxylic acids is 1. The number of nitrogens with one attached hydrogen (secondary N) is 1. The normalized spacial score (nSPS) is 14.7. The zero-order chi connectivity index (χ0) is 23.0. The molecule has 2 aromatic carbocycles. The van der Waals surface area contributed by atoms with Crippen molar-refractivity contribution in [2.75, 3.05) is 33.4 Å². The van der Waals surface area contributed by atoms with Gasteiger partial charge in [-0.1, -0.05) is 24.6 Å². The summed E-state index contributed by atoms with van der Waals surface area (Å²) in [6.07, 6.45) is 3.45. The van der Waals surface area contributed by atoms with Gasteiger partial charge in [0, 0.05) is 19.5 Å². The van der Waals surface area contributed by atoms with E-state index in [1.165, 1.54) is 0 Å². The Labute approximate surface area is 190 Å². The molecular weight excluding hydrogens is 428 g/mol. The molecule has 0 bridgehead atoms. The zero-order valence-electron chi connectivity index (χ0n) is 18.8. The summed E-state index contributed by atoms with van der Waals surface area (Å²) in [5.41, 5.74) is 1.75. The first kappa shape index (κ1) is 24.1. The van der Waals surface area contributed by atoms with E-state index in [0.29, 0.717) is 44.0 Å². The fourth-order valence-corrected chi connectivity index (χ4v) is 5.34. The van der Waals surface area contributed by atoms with E-state index in [0.717, 1.165) is 30.6 Å². The minimum absolute atomic E-state index is 0.121.